The minimum Gasteiger partial charge on any atom is -0.489 e. The van der Waals surface area contributed by atoms with Crippen molar-refractivity contribution in [2.75, 3.05) is 37.6 Å². The highest BCUT2D eigenvalue weighted by molar-refractivity contribution is 9.10. The van der Waals surface area contributed by atoms with E-state index < -0.39 is 35.5 Å². The number of anilines is 1. The molecule has 0 spiro atoms. The summed E-state index contributed by atoms with van der Waals surface area (Å²) in [5, 5.41) is 19.6. The molecule has 4 rings (SSSR count). The number of likely N-dealkylation sites (tertiary alicyclic amines) is 1. The Kier molecular flexibility index (Phi) is 7.70. The van der Waals surface area contributed by atoms with Crippen molar-refractivity contribution in [3.8, 4) is 5.75 Å². The van der Waals surface area contributed by atoms with Crippen LogP contribution in [0.2, 0.25) is 0 Å². The van der Waals surface area contributed by atoms with Gasteiger partial charge in [0, 0.05) is 42.8 Å². The molecule has 192 valence electrons. The highest BCUT2D eigenvalue weighted by Gasteiger charge is 2.57. The second-order valence-corrected chi connectivity index (χ2v) is 10.0. The van der Waals surface area contributed by atoms with Crippen LogP contribution in [0.4, 0.5) is 10.5 Å². The number of hydrogen-bond donors (Lipinski definition) is 3. The molecule has 10 nitrogen and oxygen atoms in total. The van der Waals surface area contributed by atoms with Gasteiger partial charge in [-0.3, -0.25) is 19.7 Å². The molecule has 2 heterocycles. The van der Waals surface area contributed by atoms with Crippen LogP contribution < -0.4 is 15.1 Å². The number of piperidine rings is 1. The molecule has 0 aliphatic carbocycles. The number of piperazine rings is 1. The van der Waals surface area contributed by atoms with Gasteiger partial charge in [0.2, 0.25) is 11.8 Å². The fourth-order valence-electron chi connectivity index (χ4n) is 5.07. The molecule has 0 aromatic heterocycles. The van der Waals surface area contributed by atoms with E-state index in [1.54, 1.807) is 28.6 Å². The van der Waals surface area contributed by atoms with Gasteiger partial charge in [0.25, 0.3) is 0 Å². The number of carboxylic acid groups (broad SMARTS) is 1. The van der Waals surface area contributed by atoms with Crippen molar-refractivity contribution in [2.24, 2.45) is 5.92 Å². The molecule has 2 aromatic carbocycles. The van der Waals surface area contributed by atoms with E-state index in [4.69, 9.17) is 4.74 Å². The Hall–Kier alpha value is -3.31. The van der Waals surface area contributed by atoms with E-state index >= 15 is 0 Å². The van der Waals surface area contributed by atoms with Crippen LogP contribution in [0.25, 0.3) is 0 Å². The number of hydroxylamine groups is 1. The quantitative estimate of drug-likeness (QED) is 0.379. The lowest BCUT2D eigenvalue weighted by Crippen LogP contribution is -2.71. The number of halogens is 1. The lowest BCUT2D eigenvalue weighted by molar-refractivity contribution is -0.161. The summed E-state index contributed by atoms with van der Waals surface area (Å²) in [6.45, 7) is 3.25. The van der Waals surface area contributed by atoms with Crippen molar-refractivity contribution in [3.63, 3.8) is 0 Å². The van der Waals surface area contributed by atoms with Crippen molar-refractivity contribution in [1.82, 2.24) is 15.3 Å². The van der Waals surface area contributed by atoms with Crippen LogP contribution >= 0.6 is 15.9 Å². The van der Waals surface area contributed by atoms with Crippen molar-refractivity contribution in [3.05, 3.63) is 59.1 Å². The number of benzene rings is 2. The third-order valence-corrected chi connectivity index (χ3v) is 7.49. The topological polar surface area (TPSA) is 123 Å². The van der Waals surface area contributed by atoms with Crippen molar-refractivity contribution >= 4 is 39.5 Å². The van der Waals surface area contributed by atoms with E-state index in [-0.39, 0.29) is 13.0 Å². The molecule has 0 unspecified atom stereocenters. The monoisotopic (exact) mass is 560 g/mol. The Morgan fingerprint density at radius 3 is 2.36 bits per heavy atom. The zero-order valence-corrected chi connectivity index (χ0v) is 21.4. The molecule has 36 heavy (non-hydrogen) atoms. The molecule has 2 aromatic rings. The van der Waals surface area contributed by atoms with Gasteiger partial charge in [-0.15, -0.1) is 0 Å². The van der Waals surface area contributed by atoms with Crippen molar-refractivity contribution in [2.45, 2.75) is 25.0 Å². The third kappa shape index (κ3) is 5.12. The fourth-order valence-corrected chi connectivity index (χ4v) is 5.45. The van der Waals surface area contributed by atoms with Crippen LogP contribution in [-0.4, -0.2) is 82.4 Å². The van der Waals surface area contributed by atoms with Crippen molar-refractivity contribution in [1.29, 1.82) is 0 Å². The van der Waals surface area contributed by atoms with Gasteiger partial charge in [-0.2, -0.15) is 0 Å². The SMILES string of the molecule is C[C@@]1(C(=O)N2CCN(c3ccccc3)CC2)[C@@H](C(=O)NO)C[C@H](Oc2cccc(Br)c2)CN1C(=O)O. The van der Waals surface area contributed by atoms with Crippen LogP contribution in [-0.2, 0) is 9.59 Å². The van der Waals surface area contributed by atoms with Crippen LogP contribution in [0.5, 0.6) is 5.75 Å². The lowest BCUT2D eigenvalue weighted by Gasteiger charge is -2.51. The van der Waals surface area contributed by atoms with Crippen LogP contribution in [0.1, 0.15) is 13.3 Å². The Balaban J connectivity index is 1.56. The number of amides is 3. The number of rotatable bonds is 5. The van der Waals surface area contributed by atoms with E-state index in [1.165, 1.54) is 6.92 Å². The zero-order chi connectivity index (χ0) is 25.9. The number of carbonyl (C=O) groups excluding carboxylic acids is 2. The van der Waals surface area contributed by atoms with Gasteiger partial charge in [0.15, 0.2) is 0 Å². The molecule has 0 radical (unpaired) electrons. The van der Waals surface area contributed by atoms with Gasteiger partial charge in [-0.05, 0) is 37.3 Å². The minimum atomic E-state index is -1.72. The summed E-state index contributed by atoms with van der Waals surface area (Å²) in [5.41, 5.74) is 0.958. The predicted octanol–water partition coefficient (Wildman–Crippen LogP) is 2.81. The number of ether oxygens (including phenoxy) is 1. The summed E-state index contributed by atoms with van der Waals surface area (Å²) < 4.78 is 6.78. The summed E-state index contributed by atoms with van der Waals surface area (Å²) >= 11 is 3.37. The van der Waals surface area contributed by atoms with E-state index in [1.807, 2.05) is 36.4 Å². The maximum absolute atomic E-state index is 13.9. The number of para-hydroxylation sites is 1. The average molecular weight is 561 g/mol. The number of nitrogens with one attached hydrogen (secondary N) is 1. The highest BCUT2D eigenvalue weighted by Crippen LogP contribution is 2.38. The van der Waals surface area contributed by atoms with Crippen LogP contribution in [0.15, 0.2) is 59.1 Å². The number of hydrogen-bond acceptors (Lipinski definition) is 6. The van der Waals surface area contributed by atoms with Gasteiger partial charge in [0.1, 0.15) is 17.4 Å². The summed E-state index contributed by atoms with van der Waals surface area (Å²) in [6.07, 6.45) is -1.99. The Morgan fingerprint density at radius 1 is 1.06 bits per heavy atom. The molecule has 3 N–H and O–H groups in total. The first-order valence-electron chi connectivity index (χ1n) is 11.7. The molecule has 2 aliphatic rings. The summed E-state index contributed by atoms with van der Waals surface area (Å²) in [7, 11) is 0. The molecule has 2 fully saturated rings. The highest BCUT2D eigenvalue weighted by atomic mass is 79.9. The molecule has 11 heteroatoms. The first-order valence-corrected chi connectivity index (χ1v) is 12.5. The molecule has 0 saturated carbocycles. The van der Waals surface area contributed by atoms with Gasteiger partial charge in [0.05, 0.1) is 12.5 Å². The molecule has 0 bridgehead atoms. The zero-order valence-electron chi connectivity index (χ0n) is 19.8. The Bertz CT molecular complexity index is 1110. The number of nitrogens with zero attached hydrogens (tertiary/aromatic N) is 3. The standard InChI is InChI=1S/C25H29BrN4O6/c1-25(23(32)29-12-10-28(11-13-29)18-7-3-2-4-8-18)21(22(31)27-35)15-20(16-30(25)24(33)34)36-19-9-5-6-17(26)14-19/h2-9,14,20-21,35H,10-13,15-16H2,1H3,(H,27,31)(H,33,34)/t20-,21+,25-/m0/s1. The number of carbonyl (C=O) groups is 3. The third-order valence-electron chi connectivity index (χ3n) is 7.00. The molecule has 2 saturated heterocycles. The molecule has 3 amide bonds. The van der Waals surface area contributed by atoms with Gasteiger partial charge < -0.3 is 19.6 Å². The largest absolute Gasteiger partial charge is 0.489 e. The van der Waals surface area contributed by atoms with E-state index in [0.29, 0.717) is 31.9 Å². The van der Waals surface area contributed by atoms with Gasteiger partial charge >= 0.3 is 6.09 Å². The second kappa shape index (κ2) is 10.8. The lowest BCUT2D eigenvalue weighted by atomic mass is 9.75. The molecular weight excluding hydrogens is 532 g/mol. The van der Waals surface area contributed by atoms with E-state index in [9.17, 15) is 24.7 Å². The molecule has 3 atom stereocenters. The summed E-state index contributed by atoms with van der Waals surface area (Å²) in [5.74, 6) is -1.96. The minimum absolute atomic E-state index is 0.0505. The maximum atomic E-state index is 13.9. The second-order valence-electron chi connectivity index (χ2n) is 9.12. The van der Waals surface area contributed by atoms with E-state index in [2.05, 4.69) is 20.8 Å². The molecule has 2 aliphatic heterocycles. The first kappa shape index (κ1) is 25.8. The molecular formula is C25H29BrN4O6. The predicted molar refractivity (Wildman–Crippen MR) is 135 cm³/mol. The smallest absolute Gasteiger partial charge is 0.408 e. The fraction of sp³-hybridized carbons (Fsp3) is 0.400. The Morgan fingerprint density at radius 2 is 1.75 bits per heavy atom. The first-order chi connectivity index (χ1) is 17.2. The van der Waals surface area contributed by atoms with Gasteiger partial charge in [-0.25, -0.2) is 10.3 Å². The van der Waals surface area contributed by atoms with Crippen LogP contribution in [0.3, 0.4) is 0 Å². The van der Waals surface area contributed by atoms with Crippen LogP contribution in [0, 0.1) is 5.92 Å². The summed E-state index contributed by atoms with van der Waals surface area (Å²) in [6, 6.07) is 16.9. The van der Waals surface area contributed by atoms with E-state index in [0.717, 1.165) is 15.1 Å². The summed E-state index contributed by atoms with van der Waals surface area (Å²) in [4.78, 5) is 43.8. The normalized spacial score (nSPS) is 24.2. The van der Waals surface area contributed by atoms with Gasteiger partial charge in [-0.1, -0.05) is 40.2 Å². The average Bonchev–Trinajstić information content (AvgIpc) is 2.89. The maximum Gasteiger partial charge on any atom is 0.408 e. The Labute approximate surface area is 217 Å². The van der Waals surface area contributed by atoms with Crippen molar-refractivity contribution < 1.29 is 29.4 Å².